The molecule has 0 saturated carbocycles. The molecule has 0 spiro atoms. The number of aromatic nitrogens is 1. The number of fused-ring (bicyclic) bond motifs is 1. The van der Waals surface area contributed by atoms with Crippen molar-refractivity contribution in [3.8, 4) is 0 Å². The van der Waals surface area contributed by atoms with Crippen LogP contribution in [0.3, 0.4) is 0 Å². The Kier molecular flexibility index (Phi) is 4.11. The first-order valence-electron chi connectivity index (χ1n) is 7.01. The highest BCUT2D eigenvalue weighted by atomic mass is 16.5. The summed E-state index contributed by atoms with van der Waals surface area (Å²) >= 11 is 0. The van der Waals surface area contributed by atoms with Crippen LogP contribution in [0.1, 0.15) is 61.3 Å². The lowest BCUT2D eigenvalue weighted by Crippen LogP contribution is -2.52. The van der Waals surface area contributed by atoms with Gasteiger partial charge in [0, 0.05) is 12.0 Å². The fraction of sp³-hybridized carbons (Fsp3) is 0.643. The Morgan fingerprint density at radius 3 is 2.75 bits per heavy atom. The third-order valence-corrected chi connectivity index (χ3v) is 3.78. The van der Waals surface area contributed by atoms with Crippen molar-refractivity contribution in [2.24, 2.45) is 0 Å². The summed E-state index contributed by atoms with van der Waals surface area (Å²) in [6.45, 7) is 3.40. The molecule has 0 aromatic carbocycles. The van der Waals surface area contributed by atoms with Gasteiger partial charge >= 0.3 is 5.97 Å². The van der Waals surface area contributed by atoms with Gasteiger partial charge in [0.1, 0.15) is 11.3 Å². The summed E-state index contributed by atoms with van der Waals surface area (Å²) < 4.78 is 5.18. The van der Waals surface area contributed by atoms with Crippen LogP contribution in [0.2, 0.25) is 0 Å². The van der Waals surface area contributed by atoms with E-state index in [2.05, 4.69) is 10.5 Å². The maximum atomic E-state index is 12.3. The summed E-state index contributed by atoms with van der Waals surface area (Å²) in [6.07, 6.45) is 4.62. The molecule has 2 rings (SSSR count). The Balaban J connectivity index is 2.19. The second kappa shape index (κ2) is 5.64. The maximum absolute atomic E-state index is 12.3. The predicted octanol–water partition coefficient (Wildman–Crippen LogP) is 1.93. The molecule has 110 valence electrons. The van der Waals surface area contributed by atoms with Crippen LogP contribution >= 0.6 is 0 Å². The monoisotopic (exact) mass is 280 g/mol. The number of carboxylic acid groups (broad SMARTS) is 1. The Labute approximate surface area is 117 Å². The van der Waals surface area contributed by atoms with Crippen LogP contribution in [0.4, 0.5) is 0 Å². The van der Waals surface area contributed by atoms with Crippen LogP contribution in [-0.2, 0) is 17.6 Å². The topological polar surface area (TPSA) is 92.4 Å². The first kappa shape index (κ1) is 14.6. The molecular weight excluding hydrogens is 260 g/mol. The molecule has 1 aromatic heterocycles. The number of hydrogen-bond acceptors (Lipinski definition) is 4. The Bertz CT molecular complexity index is 523. The van der Waals surface area contributed by atoms with Gasteiger partial charge in [-0.25, -0.2) is 4.79 Å². The largest absolute Gasteiger partial charge is 0.480 e. The van der Waals surface area contributed by atoms with Gasteiger partial charge in [-0.2, -0.15) is 0 Å². The van der Waals surface area contributed by atoms with Crippen LogP contribution in [0, 0.1) is 0 Å². The van der Waals surface area contributed by atoms with E-state index < -0.39 is 17.4 Å². The van der Waals surface area contributed by atoms with Crippen LogP contribution in [0.15, 0.2) is 4.52 Å². The van der Waals surface area contributed by atoms with E-state index in [1.165, 1.54) is 6.92 Å². The van der Waals surface area contributed by atoms with Crippen LogP contribution in [-0.4, -0.2) is 27.7 Å². The zero-order chi connectivity index (χ0) is 14.8. The van der Waals surface area contributed by atoms with Crippen LogP contribution < -0.4 is 5.32 Å². The van der Waals surface area contributed by atoms with E-state index in [1.54, 1.807) is 0 Å². The highest BCUT2D eigenvalue weighted by Crippen LogP contribution is 2.25. The number of aliphatic carboxylic acids is 1. The SMILES string of the molecule is CCCC(C)(NC(=O)c1noc2c1CCCC2)C(=O)O. The molecule has 0 saturated heterocycles. The number of aryl methyl sites for hydroxylation is 1. The number of hydrogen-bond donors (Lipinski definition) is 2. The molecule has 6 nitrogen and oxygen atoms in total. The minimum Gasteiger partial charge on any atom is -0.480 e. The highest BCUT2D eigenvalue weighted by Gasteiger charge is 2.36. The lowest BCUT2D eigenvalue weighted by atomic mass is 9.94. The third kappa shape index (κ3) is 2.69. The van der Waals surface area contributed by atoms with E-state index >= 15 is 0 Å². The van der Waals surface area contributed by atoms with Crippen molar-refractivity contribution in [3.05, 3.63) is 17.0 Å². The number of nitrogens with zero attached hydrogens (tertiary/aromatic N) is 1. The van der Waals surface area contributed by atoms with Crippen LogP contribution in [0.5, 0.6) is 0 Å². The molecule has 1 aliphatic rings. The number of carbonyl (C=O) groups is 2. The Hall–Kier alpha value is -1.85. The van der Waals surface area contributed by atoms with Gasteiger partial charge in [-0.15, -0.1) is 0 Å². The van der Waals surface area contributed by atoms with E-state index in [4.69, 9.17) is 4.52 Å². The fourth-order valence-corrected chi connectivity index (χ4v) is 2.60. The summed E-state index contributed by atoms with van der Waals surface area (Å²) in [4.78, 5) is 23.6. The third-order valence-electron chi connectivity index (χ3n) is 3.78. The molecule has 0 aliphatic heterocycles. The summed E-state index contributed by atoms with van der Waals surface area (Å²) in [5.74, 6) is -0.741. The highest BCUT2D eigenvalue weighted by molar-refractivity contribution is 5.97. The molecule has 1 unspecified atom stereocenters. The maximum Gasteiger partial charge on any atom is 0.329 e. The van der Waals surface area contributed by atoms with E-state index in [9.17, 15) is 14.7 Å². The normalized spacial score (nSPS) is 17.1. The van der Waals surface area contributed by atoms with Crippen molar-refractivity contribution >= 4 is 11.9 Å². The summed E-state index contributed by atoms with van der Waals surface area (Å²) in [5.41, 5.74) is -0.201. The second-order valence-electron chi connectivity index (χ2n) is 5.48. The molecule has 1 aliphatic carbocycles. The van der Waals surface area contributed by atoms with Gasteiger partial charge in [0.25, 0.3) is 5.91 Å². The van der Waals surface area contributed by atoms with Crippen molar-refractivity contribution in [2.75, 3.05) is 0 Å². The van der Waals surface area contributed by atoms with Gasteiger partial charge in [0.2, 0.25) is 0 Å². The van der Waals surface area contributed by atoms with Gasteiger partial charge in [-0.05, 0) is 32.6 Å². The van der Waals surface area contributed by atoms with E-state index in [0.29, 0.717) is 12.8 Å². The number of amides is 1. The Morgan fingerprint density at radius 1 is 1.40 bits per heavy atom. The summed E-state index contributed by atoms with van der Waals surface area (Å²) in [7, 11) is 0. The van der Waals surface area contributed by atoms with Crippen molar-refractivity contribution < 1.29 is 19.2 Å². The van der Waals surface area contributed by atoms with Crippen molar-refractivity contribution in [2.45, 2.75) is 57.9 Å². The molecule has 1 atom stereocenters. The van der Waals surface area contributed by atoms with Crippen LogP contribution in [0.25, 0.3) is 0 Å². The molecule has 1 heterocycles. The quantitative estimate of drug-likeness (QED) is 0.859. The van der Waals surface area contributed by atoms with E-state index in [-0.39, 0.29) is 5.69 Å². The van der Waals surface area contributed by atoms with Gasteiger partial charge in [0.05, 0.1) is 0 Å². The van der Waals surface area contributed by atoms with E-state index in [1.807, 2.05) is 6.92 Å². The number of carbonyl (C=O) groups excluding carboxylic acids is 1. The molecular formula is C14H20N2O4. The Morgan fingerprint density at radius 2 is 2.10 bits per heavy atom. The standard InChI is InChI=1S/C14H20N2O4/c1-3-8-14(2,13(18)19)15-12(17)11-9-6-4-5-7-10(9)20-16-11/h3-8H2,1-2H3,(H,15,17)(H,18,19). The first-order valence-corrected chi connectivity index (χ1v) is 7.01. The fourth-order valence-electron chi connectivity index (χ4n) is 2.60. The first-order chi connectivity index (χ1) is 9.48. The summed E-state index contributed by atoms with van der Waals surface area (Å²) in [6, 6.07) is 0. The molecule has 0 fully saturated rings. The molecule has 1 aromatic rings. The van der Waals surface area contributed by atoms with Crippen molar-refractivity contribution in [1.82, 2.24) is 10.5 Å². The molecule has 1 amide bonds. The average Bonchev–Trinajstić information content (AvgIpc) is 2.82. The van der Waals surface area contributed by atoms with Crippen molar-refractivity contribution in [3.63, 3.8) is 0 Å². The lowest BCUT2D eigenvalue weighted by molar-refractivity contribution is -0.144. The van der Waals surface area contributed by atoms with Gasteiger partial charge in [0.15, 0.2) is 5.69 Å². The smallest absolute Gasteiger partial charge is 0.329 e. The molecule has 20 heavy (non-hydrogen) atoms. The predicted molar refractivity (Wildman–Crippen MR) is 71.6 cm³/mol. The minimum absolute atomic E-state index is 0.239. The molecule has 2 N–H and O–H groups in total. The molecule has 0 bridgehead atoms. The molecule has 0 radical (unpaired) electrons. The zero-order valence-corrected chi connectivity index (χ0v) is 11.9. The second-order valence-corrected chi connectivity index (χ2v) is 5.48. The molecule has 6 heteroatoms. The average molecular weight is 280 g/mol. The van der Waals surface area contributed by atoms with Gasteiger partial charge in [-0.1, -0.05) is 18.5 Å². The number of carboxylic acids is 1. The minimum atomic E-state index is -1.27. The van der Waals surface area contributed by atoms with Crippen molar-refractivity contribution in [1.29, 1.82) is 0 Å². The van der Waals surface area contributed by atoms with Gasteiger partial charge in [-0.3, -0.25) is 4.79 Å². The zero-order valence-electron chi connectivity index (χ0n) is 11.9. The van der Waals surface area contributed by atoms with Gasteiger partial charge < -0.3 is 14.9 Å². The number of nitrogens with one attached hydrogen (secondary N) is 1. The van der Waals surface area contributed by atoms with E-state index in [0.717, 1.165) is 37.0 Å². The number of rotatable bonds is 5. The summed E-state index contributed by atoms with van der Waals surface area (Å²) in [5, 5.41) is 15.7. The lowest BCUT2D eigenvalue weighted by Gasteiger charge is -2.25.